The maximum atomic E-state index is 13.0. The van der Waals surface area contributed by atoms with E-state index in [2.05, 4.69) is 4.99 Å². The predicted molar refractivity (Wildman–Crippen MR) is 46.9 cm³/mol. The molecule has 0 saturated heterocycles. The lowest BCUT2D eigenvalue weighted by Gasteiger charge is -2.10. The summed E-state index contributed by atoms with van der Waals surface area (Å²) in [4.78, 5) is 3.10. The molecule has 1 aromatic rings. The molecule has 0 spiro atoms. The van der Waals surface area contributed by atoms with E-state index in [1.807, 2.05) is 0 Å². The highest BCUT2D eigenvalue weighted by molar-refractivity contribution is 5.79. The van der Waals surface area contributed by atoms with Gasteiger partial charge >= 0.3 is 6.18 Å². The van der Waals surface area contributed by atoms with Crippen molar-refractivity contribution >= 4 is 11.6 Å². The molecule has 7 heteroatoms. The normalized spacial score (nSPS) is 11.2. The summed E-state index contributed by atoms with van der Waals surface area (Å²) in [5.41, 5.74) is 7.69. The Labute approximate surface area is 82.4 Å². The van der Waals surface area contributed by atoms with E-state index in [1.165, 1.54) is 0 Å². The van der Waals surface area contributed by atoms with Gasteiger partial charge in [-0.1, -0.05) is 6.07 Å². The number of nitrogens with zero attached hydrogens (tertiary/aromatic N) is 1. The number of hydrogen-bond acceptors (Lipinski definition) is 1. The van der Waals surface area contributed by atoms with Crippen LogP contribution in [0.5, 0.6) is 0 Å². The Hall–Kier alpha value is -1.79. The first-order valence-electron chi connectivity index (χ1n) is 3.77. The van der Waals surface area contributed by atoms with Crippen LogP contribution in [0, 0.1) is 5.82 Å². The second-order valence-electron chi connectivity index (χ2n) is 2.67. The van der Waals surface area contributed by atoms with Crippen molar-refractivity contribution < 1.29 is 17.6 Å². The first-order valence-corrected chi connectivity index (χ1v) is 3.77. The first kappa shape index (κ1) is 11.3. The molecule has 0 atom stereocenters. The molecule has 3 nitrogen and oxygen atoms in total. The fourth-order valence-electron chi connectivity index (χ4n) is 0.987. The molecule has 15 heavy (non-hydrogen) atoms. The van der Waals surface area contributed by atoms with Crippen molar-refractivity contribution in [1.29, 1.82) is 0 Å². The molecular formula is C8H7F4N3. The number of rotatable bonds is 1. The number of nitrogens with two attached hydrogens (primary N) is 2. The average molecular weight is 221 g/mol. The largest absolute Gasteiger partial charge is 0.418 e. The lowest BCUT2D eigenvalue weighted by molar-refractivity contribution is -0.137. The van der Waals surface area contributed by atoms with E-state index in [0.717, 1.165) is 12.1 Å². The summed E-state index contributed by atoms with van der Waals surface area (Å²) >= 11 is 0. The highest BCUT2D eigenvalue weighted by atomic mass is 19.4. The van der Waals surface area contributed by atoms with Crippen LogP contribution >= 0.6 is 0 Å². The molecule has 0 bridgehead atoms. The number of alkyl halides is 3. The van der Waals surface area contributed by atoms with Crippen LogP contribution in [0.2, 0.25) is 0 Å². The van der Waals surface area contributed by atoms with E-state index in [0.29, 0.717) is 6.07 Å². The smallest absolute Gasteiger partial charge is 0.370 e. The summed E-state index contributed by atoms with van der Waals surface area (Å²) in [6.07, 6.45) is -4.70. The molecule has 0 radical (unpaired) electrons. The number of benzene rings is 1. The summed E-state index contributed by atoms with van der Waals surface area (Å²) in [5.74, 6) is -1.76. The van der Waals surface area contributed by atoms with Crippen LogP contribution in [0.15, 0.2) is 23.2 Å². The monoisotopic (exact) mass is 221 g/mol. The van der Waals surface area contributed by atoms with Crippen LogP contribution in [-0.4, -0.2) is 5.96 Å². The summed E-state index contributed by atoms with van der Waals surface area (Å²) in [7, 11) is 0. The number of para-hydroxylation sites is 1. The van der Waals surface area contributed by atoms with E-state index in [-0.39, 0.29) is 0 Å². The topological polar surface area (TPSA) is 64.4 Å². The van der Waals surface area contributed by atoms with Gasteiger partial charge in [-0.15, -0.1) is 0 Å². The molecule has 1 rings (SSSR count). The zero-order chi connectivity index (χ0) is 11.6. The fourth-order valence-corrected chi connectivity index (χ4v) is 0.987. The van der Waals surface area contributed by atoms with Gasteiger partial charge in [0.05, 0.1) is 5.56 Å². The van der Waals surface area contributed by atoms with Crippen LogP contribution in [0.3, 0.4) is 0 Å². The molecule has 0 fully saturated rings. The number of aliphatic imine (C=N–C) groups is 1. The van der Waals surface area contributed by atoms with Crippen LogP contribution in [-0.2, 0) is 6.18 Å². The summed E-state index contributed by atoms with van der Waals surface area (Å²) in [5, 5.41) is 0. The standard InChI is InChI=1S/C8H7F4N3/c9-5-3-1-2-4(8(10,11)12)6(5)15-7(13)14/h1-3H,(H4,13,14,15). The number of halogens is 4. The van der Waals surface area contributed by atoms with E-state index < -0.39 is 29.2 Å². The Morgan fingerprint density at radius 2 is 1.80 bits per heavy atom. The molecule has 0 heterocycles. The van der Waals surface area contributed by atoms with E-state index in [1.54, 1.807) is 0 Å². The second kappa shape index (κ2) is 3.76. The third kappa shape index (κ3) is 2.58. The average Bonchev–Trinajstić information content (AvgIpc) is 2.05. The van der Waals surface area contributed by atoms with Crippen LogP contribution < -0.4 is 11.5 Å². The maximum Gasteiger partial charge on any atom is 0.418 e. The molecule has 0 unspecified atom stereocenters. The van der Waals surface area contributed by atoms with Crippen molar-refractivity contribution in [2.24, 2.45) is 16.5 Å². The van der Waals surface area contributed by atoms with Crippen molar-refractivity contribution in [3.63, 3.8) is 0 Å². The molecule has 0 aliphatic heterocycles. The lowest BCUT2D eigenvalue weighted by Crippen LogP contribution is -2.22. The van der Waals surface area contributed by atoms with Crippen molar-refractivity contribution in [3.05, 3.63) is 29.6 Å². The zero-order valence-electron chi connectivity index (χ0n) is 7.35. The number of hydrogen-bond donors (Lipinski definition) is 2. The quantitative estimate of drug-likeness (QED) is 0.431. The van der Waals surface area contributed by atoms with E-state index in [9.17, 15) is 17.6 Å². The highest BCUT2D eigenvalue weighted by Gasteiger charge is 2.34. The van der Waals surface area contributed by atoms with E-state index in [4.69, 9.17) is 11.5 Å². The van der Waals surface area contributed by atoms with Gasteiger partial charge in [-0.25, -0.2) is 9.38 Å². The minimum atomic E-state index is -4.70. The van der Waals surface area contributed by atoms with Gasteiger partial charge in [0.25, 0.3) is 0 Å². The Morgan fingerprint density at radius 3 is 2.27 bits per heavy atom. The molecule has 4 N–H and O–H groups in total. The van der Waals surface area contributed by atoms with Gasteiger partial charge in [0.15, 0.2) is 5.96 Å². The van der Waals surface area contributed by atoms with Gasteiger partial charge in [0.2, 0.25) is 0 Å². The zero-order valence-corrected chi connectivity index (χ0v) is 7.35. The van der Waals surface area contributed by atoms with Crippen molar-refractivity contribution in [2.45, 2.75) is 6.18 Å². The van der Waals surface area contributed by atoms with Gasteiger partial charge in [0, 0.05) is 0 Å². The first-order chi connectivity index (χ1) is 6.82. The third-order valence-electron chi connectivity index (χ3n) is 1.53. The molecule has 82 valence electrons. The third-order valence-corrected chi connectivity index (χ3v) is 1.53. The lowest BCUT2D eigenvalue weighted by atomic mass is 10.1. The molecule has 0 aliphatic carbocycles. The van der Waals surface area contributed by atoms with Crippen LogP contribution in [0.4, 0.5) is 23.2 Å². The van der Waals surface area contributed by atoms with Gasteiger partial charge < -0.3 is 11.5 Å². The Bertz CT molecular complexity index is 393. The molecule has 0 aromatic heterocycles. The molecule has 1 aromatic carbocycles. The minimum absolute atomic E-state index is 0.634. The fraction of sp³-hybridized carbons (Fsp3) is 0.125. The van der Waals surface area contributed by atoms with Crippen molar-refractivity contribution in [2.75, 3.05) is 0 Å². The SMILES string of the molecule is NC(N)=Nc1c(F)cccc1C(F)(F)F. The highest BCUT2D eigenvalue weighted by Crippen LogP contribution is 2.37. The van der Waals surface area contributed by atoms with Gasteiger partial charge in [-0.05, 0) is 12.1 Å². The van der Waals surface area contributed by atoms with Gasteiger partial charge in [-0.2, -0.15) is 13.2 Å². The Kier molecular flexibility index (Phi) is 2.83. The second-order valence-corrected chi connectivity index (χ2v) is 2.67. The summed E-state index contributed by atoms with van der Waals surface area (Å²) < 4.78 is 50.1. The van der Waals surface area contributed by atoms with Crippen molar-refractivity contribution in [3.8, 4) is 0 Å². The van der Waals surface area contributed by atoms with Gasteiger partial charge in [-0.3, -0.25) is 0 Å². The number of guanidine groups is 1. The summed E-state index contributed by atoms with van der Waals surface area (Å²) in [6, 6.07) is 2.48. The Balaban J connectivity index is 3.40. The molecule has 0 amide bonds. The van der Waals surface area contributed by atoms with Crippen molar-refractivity contribution in [1.82, 2.24) is 0 Å². The predicted octanol–water partition coefficient (Wildman–Crippen LogP) is 1.75. The van der Waals surface area contributed by atoms with Gasteiger partial charge in [0.1, 0.15) is 11.5 Å². The summed E-state index contributed by atoms with van der Waals surface area (Å²) in [6.45, 7) is 0. The Morgan fingerprint density at radius 1 is 1.20 bits per heavy atom. The maximum absolute atomic E-state index is 13.0. The van der Waals surface area contributed by atoms with Crippen LogP contribution in [0.25, 0.3) is 0 Å². The minimum Gasteiger partial charge on any atom is -0.370 e. The van der Waals surface area contributed by atoms with E-state index >= 15 is 0 Å². The molecule has 0 saturated carbocycles. The molecular weight excluding hydrogens is 214 g/mol. The molecule has 0 aliphatic rings. The van der Waals surface area contributed by atoms with Crippen LogP contribution in [0.1, 0.15) is 5.56 Å².